The highest BCUT2D eigenvalue weighted by Gasteiger charge is 2.31. The van der Waals surface area contributed by atoms with Crippen LogP contribution in [0.25, 0.3) is 0 Å². The van der Waals surface area contributed by atoms with E-state index in [-0.39, 0.29) is 6.03 Å². The van der Waals surface area contributed by atoms with Gasteiger partial charge in [-0.2, -0.15) is 0 Å². The molecular weight excluding hydrogens is 248 g/mol. The molecule has 1 aromatic carbocycles. The minimum Gasteiger partial charge on any atom is -0.449 e. The summed E-state index contributed by atoms with van der Waals surface area (Å²) in [6.45, 7) is 4.60. The Balaban J connectivity index is 1.95. The second-order valence-electron chi connectivity index (χ2n) is 4.64. The summed E-state index contributed by atoms with van der Waals surface area (Å²) in [7, 11) is 1.58. The molecule has 0 aromatic heterocycles. The highest BCUT2D eigenvalue weighted by Crippen LogP contribution is 2.40. The fourth-order valence-electron chi connectivity index (χ4n) is 1.74. The number of carbonyl (C=O) groups is 1. The van der Waals surface area contributed by atoms with Gasteiger partial charge < -0.3 is 24.8 Å². The molecule has 2 amide bonds. The van der Waals surface area contributed by atoms with E-state index in [1.807, 2.05) is 13.8 Å². The molecular formula is C13H18N2O4. The minimum atomic E-state index is -0.665. The molecule has 104 valence electrons. The third-order valence-electron chi connectivity index (χ3n) is 2.50. The molecule has 1 heterocycles. The fourth-order valence-corrected chi connectivity index (χ4v) is 1.74. The van der Waals surface area contributed by atoms with Crippen molar-refractivity contribution in [1.29, 1.82) is 0 Å². The number of amides is 2. The molecule has 0 atom stereocenters. The van der Waals surface area contributed by atoms with Crippen LogP contribution in [0.15, 0.2) is 18.2 Å². The zero-order valence-electron chi connectivity index (χ0n) is 11.3. The number of urea groups is 1. The summed E-state index contributed by atoms with van der Waals surface area (Å²) in [6, 6.07) is 4.99. The van der Waals surface area contributed by atoms with Gasteiger partial charge in [-0.3, -0.25) is 0 Å². The highest BCUT2D eigenvalue weighted by atomic mass is 16.7. The van der Waals surface area contributed by atoms with E-state index in [1.54, 1.807) is 25.3 Å². The first-order valence-electron chi connectivity index (χ1n) is 6.06. The maximum Gasteiger partial charge on any atom is 0.319 e. The van der Waals surface area contributed by atoms with Crippen LogP contribution in [0.3, 0.4) is 0 Å². The summed E-state index contributed by atoms with van der Waals surface area (Å²) in [4.78, 5) is 11.6. The van der Waals surface area contributed by atoms with Gasteiger partial charge in [-0.15, -0.1) is 0 Å². The van der Waals surface area contributed by atoms with Gasteiger partial charge >= 0.3 is 6.03 Å². The maximum atomic E-state index is 11.6. The molecule has 6 nitrogen and oxygen atoms in total. The van der Waals surface area contributed by atoms with Crippen molar-refractivity contribution in [1.82, 2.24) is 5.32 Å². The van der Waals surface area contributed by atoms with Crippen LogP contribution in [0.5, 0.6) is 11.5 Å². The molecule has 0 aliphatic carbocycles. The zero-order chi connectivity index (χ0) is 13.9. The molecule has 2 rings (SSSR count). The SMILES string of the molecule is COCCNC(=O)Nc1ccc2c(c1)OC(C)(C)O2. The number of hydrogen-bond donors (Lipinski definition) is 2. The first-order valence-corrected chi connectivity index (χ1v) is 6.06. The van der Waals surface area contributed by atoms with Gasteiger partial charge in [-0.05, 0) is 12.1 Å². The lowest BCUT2D eigenvalue weighted by Gasteiger charge is -2.16. The van der Waals surface area contributed by atoms with Crippen molar-refractivity contribution in [2.75, 3.05) is 25.6 Å². The predicted octanol–water partition coefficient (Wildman–Crippen LogP) is 1.96. The van der Waals surface area contributed by atoms with Crippen molar-refractivity contribution in [3.05, 3.63) is 18.2 Å². The van der Waals surface area contributed by atoms with Crippen LogP contribution in [0.2, 0.25) is 0 Å². The summed E-state index contributed by atoms with van der Waals surface area (Å²) in [5.41, 5.74) is 0.648. The standard InChI is InChI=1S/C13H18N2O4/c1-13(2)18-10-5-4-9(8-11(10)19-13)15-12(16)14-6-7-17-3/h4-5,8H,6-7H2,1-3H3,(H2,14,15,16). The maximum absolute atomic E-state index is 11.6. The Labute approximate surface area is 112 Å². The molecule has 0 saturated carbocycles. The smallest absolute Gasteiger partial charge is 0.319 e. The molecule has 0 unspecified atom stereocenters. The van der Waals surface area contributed by atoms with Crippen molar-refractivity contribution in [3.63, 3.8) is 0 Å². The molecule has 1 aromatic rings. The van der Waals surface area contributed by atoms with Crippen molar-refractivity contribution in [2.24, 2.45) is 0 Å². The van der Waals surface area contributed by atoms with E-state index in [0.29, 0.717) is 30.3 Å². The third-order valence-corrected chi connectivity index (χ3v) is 2.50. The van der Waals surface area contributed by atoms with Gasteiger partial charge in [0.15, 0.2) is 11.5 Å². The Morgan fingerprint density at radius 1 is 1.32 bits per heavy atom. The molecule has 0 bridgehead atoms. The quantitative estimate of drug-likeness (QED) is 0.817. The molecule has 1 aliphatic heterocycles. The summed E-state index contributed by atoms with van der Waals surface area (Å²) in [5, 5.41) is 5.39. The number of benzene rings is 1. The Bertz CT molecular complexity index is 474. The lowest BCUT2D eigenvalue weighted by atomic mass is 10.3. The first-order chi connectivity index (χ1) is 9.00. The van der Waals surface area contributed by atoms with Gasteiger partial charge in [0.1, 0.15) is 0 Å². The van der Waals surface area contributed by atoms with Gasteiger partial charge in [-0.1, -0.05) is 0 Å². The van der Waals surface area contributed by atoms with E-state index in [2.05, 4.69) is 10.6 Å². The molecule has 6 heteroatoms. The van der Waals surface area contributed by atoms with Crippen LogP contribution < -0.4 is 20.1 Å². The number of carbonyl (C=O) groups excluding carboxylic acids is 1. The Morgan fingerprint density at radius 3 is 2.79 bits per heavy atom. The van der Waals surface area contributed by atoms with E-state index >= 15 is 0 Å². The Kier molecular flexibility index (Phi) is 3.80. The zero-order valence-corrected chi connectivity index (χ0v) is 11.3. The van der Waals surface area contributed by atoms with E-state index in [0.717, 1.165) is 0 Å². The van der Waals surface area contributed by atoms with Gasteiger partial charge in [0.05, 0.1) is 6.61 Å². The third kappa shape index (κ3) is 3.51. The van der Waals surface area contributed by atoms with Crippen LogP contribution in [0, 0.1) is 0 Å². The van der Waals surface area contributed by atoms with Gasteiger partial charge in [0.25, 0.3) is 0 Å². The molecule has 19 heavy (non-hydrogen) atoms. The summed E-state index contributed by atoms with van der Waals surface area (Å²) >= 11 is 0. The summed E-state index contributed by atoms with van der Waals surface area (Å²) in [6.07, 6.45) is 0. The molecule has 2 N–H and O–H groups in total. The van der Waals surface area contributed by atoms with Crippen molar-refractivity contribution < 1.29 is 19.0 Å². The summed E-state index contributed by atoms with van der Waals surface area (Å²) < 4.78 is 16.0. The first kappa shape index (κ1) is 13.5. The van der Waals surface area contributed by atoms with Crippen LogP contribution in [0.1, 0.15) is 13.8 Å². The average Bonchev–Trinajstić information content (AvgIpc) is 2.62. The predicted molar refractivity (Wildman–Crippen MR) is 70.7 cm³/mol. The average molecular weight is 266 g/mol. The highest BCUT2D eigenvalue weighted by molar-refractivity contribution is 5.89. The van der Waals surface area contributed by atoms with Gasteiger partial charge in [-0.25, -0.2) is 4.79 Å². The number of fused-ring (bicyclic) bond motifs is 1. The lowest BCUT2D eigenvalue weighted by Crippen LogP contribution is -2.31. The van der Waals surface area contributed by atoms with Crippen LogP contribution >= 0.6 is 0 Å². The van der Waals surface area contributed by atoms with Crippen molar-refractivity contribution >= 4 is 11.7 Å². The van der Waals surface area contributed by atoms with E-state index in [1.165, 1.54) is 0 Å². The second kappa shape index (κ2) is 5.36. The number of rotatable bonds is 4. The fraction of sp³-hybridized carbons (Fsp3) is 0.462. The molecule has 0 radical (unpaired) electrons. The van der Waals surface area contributed by atoms with E-state index in [4.69, 9.17) is 14.2 Å². The van der Waals surface area contributed by atoms with Crippen LogP contribution in [-0.2, 0) is 4.74 Å². The van der Waals surface area contributed by atoms with Gasteiger partial charge in [0, 0.05) is 39.3 Å². The number of anilines is 1. The molecule has 0 spiro atoms. The summed E-state index contributed by atoms with van der Waals surface area (Å²) in [5.74, 6) is 0.636. The normalized spacial score (nSPS) is 15.1. The minimum absolute atomic E-state index is 0.282. The number of methoxy groups -OCH3 is 1. The lowest BCUT2D eigenvalue weighted by molar-refractivity contribution is -0.0431. The molecule has 1 aliphatic rings. The van der Waals surface area contributed by atoms with Crippen LogP contribution in [0.4, 0.5) is 10.5 Å². The number of nitrogens with one attached hydrogen (secondary N) is 2. The van der Waals surface area contributed by atoms with E-state index in [9.17, 15) is 4.79 Å². The van der Waals surface area contributed by atoms with E-state index < -0.39 is 5.79 Å². The topological polar surface area (TPSA) is 68.8 Å². The number of hydrogen-bond acceptors (Lipinski definition) is 4. The Morgan fingerprint density at radius 2 is 2.05 bits per heavy atom. The van der Waals surface area contributed by atoms with Crippen LogP contribution in [-0.4, -0.2) is 32.1 Å². The molecule has 0 saturated heterocycles. The van der Waals surface area contributed by atoms with Crippen molar-refractivity contribution in [3.8, 4) is 11.5 Å². The van der Waals surface area contributed by atoms with Crippen molar-refractivity contribution in [2.45, 2.75) is 19.6 Å². The Hall–Kier alpha value is -1.95. The van der Waals surface area contributed by atoms with Gasteiger partial charge in [0.2, 0.25) is 5.79 Å². The molecule has 0 fully saturated rings. The second-order valence-corrected chi connectivity index (χ2v) is 4.64. The monoisotopic (exact) mass is 266 g/mol. The largest absolute Gasteiger partial charge is 0.449 e. The number of ether oxygens (including phenoxy) is 3.